The van der Waals surface area contributed by atoms with E-state index in [0.29, 0.717) is 18.7 Å². The molecule has 0 saturated heterocycles. The fourth-order valence-electron chi connectivity index (χ4n) is 2.71. The third kappa shape index (κ3) is 2.60. The molecule has 0 atom stereocenters. The molecule has 24 heavy (non-hydrogen) atoms. The average Bonchev–Trinajstić information content (AvgIpc) is 3.04. The van der Waals surface area contributed by atoms with Gasteiger partial charge < -0.3 is 18.8 Å². The fraction of sp³-hybridized carbons (Fsp3) is 0.375. The molecule has 3 aromatic heterocycles. The second-order valence-corrected chi connectivity index (χ2v) is 5.68. The lowest BCUT2D eigenvalue weighted by Gasteiger charge is -2.05. The molecule has 0 bridgehead atoms. The molecular formula is C16H18N4O4. The quantitative estimate of drug-likeness (QED) is 0.776. The first-order valence-corrected chi connectivity index (χ1v) is 7.54. The summed E-state index contributed by atoms with van der Waals surface area (Å²) in [5.41, 5.74) is 1.88. The van der Waals surface area contributed by atoms with Gasteiger partial charge in [0.25, 0.3) is 11.5 Å². The Morgan fingerprint density at radius 1 is 1.29 bits per heavy atom. The molecule has 3 aromatic rings. The molecule has 3 rings (SSSR count). The van der Waals surface area contributed by atoms with Crippen LogP contribution in [0.5, 0.6) is 0 Å². The molecule has 0 aliphatic rings. The van der Waals surface area contributed by atoms with Crippen molar-refractivity contribution in [2.45, 2.75) is 27.2 Å². The zero-order valence-corrected chi connectivity index (χ0v) is 14.0. The van der Waals surface area contributed by atoms with Gasteiger partial charge in [0, 0.05) is 19.2 Å². The zero-order chi connectivity index (χ0) is 17.4. The van der Waals surface area contributed by atoms with Crippen molar-refractivity contribution in [2.75, 3.05) is 6.54 Å². The number of fused-ring (bicyclic) bond motifs is 1. The summed E-state index contributed by atoms with van der Waals surface area (Å²) in [6.07, 6.45) is 1.96. The molecule has 0 unspecified atom stereocenters. The van der Waals surface area contributed by atoms with Crippen LogP contribution in [0.2, 0.25) is 0 Å². The highest BCUT2D eigenvalue weighted by atomic mass is 16.5. The van der Waals surface area contributed by atoms with Gasteiger partial charge in [-0.2, -0.15) is 0 Å². The SMILES string of the molecule is Cc1noc(C)c1CCNC(=O)c1c(C)oc2ncn(C)c(=O)c12. The van der Waals surface area contributed by atoms with Crippen LogP contribution >= 0.6 is 0 Å². The number of aryl methyl sites for hydroxylation is 4. The molecular weight excluding hydrogens is 312 g/mol. The van der Waals surface area contributed by atoms with Gasteiger partial charge in [-0.3, -0.25) is 9.59 Å². The molecule has 0 spiro atoms. The molecule has 0 aliphatic heterocycles. The van der Waals surface area contributed by atoms with Crippen molar-refractivity contribution in [3.8, 4) is 0 Å². The van der Waals surface area contributed by atoms with Crippen LogP contribution < -0.4 is 10.9 Å². The van der Waals surface area contributed by atoms with Crippen LogP contribution in [0.15, 0.2) is 20.1 Å². The van der Waals surface area contributed by atoms with Crippen molar-refractivity contribution >= 4 is 17.0 Å². The highest BCUT2D eigenvalue weighted by Gasteiger charge is 2.22. The lowest BCUT2D eigenvalue weighted by Crippen LogP contribution is -2.28. The van der Waals surface area contributed by atoms with Crippen LogP contribution in [0.3, 0.4) is 0 Å². The van der Waals surface area contributed by atoms with E-state index in [1.807, 2.05) is 13.8 Å². The van der Waals surface area contributed by atoms with E-state index in [1.165, 1.54) is 10.9 Å². The lowest BCUT2D eigenvalue weighted by molar-refractivity contribution is 0.0954. The first kappa shape index (κ1) is 16.0. The summed E-state index contributed by atoms with van der Waals surface area (Å²) in [5, 5.41) is 6.90. The van der Waals surface area contributed by atoms with Crippen LogP contribution in [0.1, 0.15) is 33.1 Å². The molecule has 8 heteroatoms. The van der Waals surface area contributed by atoms with Crippen LogP contribution in [0, 0.1) is 20.8 Å². The summed E-state index contributed by atoms with van der Waals surface area (Å²) in [6.45, 7) is 5.73. The van der Waals surface area contributed by atoms with E-state index in [2.05, 4.69) is 15.5 Å². The summed E-state index contributed by atoms with van der Waals surface area (Å²) < 4.78 is 11.9. The molecule has 0 aliphatic carbocycles. The van der Waals surface area contributed by atoms with Gasteiger partial charge in [-0.1, -0.05) is 5.16 Å². The lowest BCUT2D eigenvalue weighted by atomic mass is 10.1. The number of hydrogen-bond donors (Lipinski definition) is 1. The Hall–Kier alpha value is -2.90. The van der Waals surface area contributed by atoms with Gasteiger partial charge in [0.05, 0.1) is 11.3 Å². The first-order valence-electron chi connectivity index (χ1n) is 7.54. The number of rotatable bonds is 4. The monoisotopic (exact) mass is 330 g/mol. The third-order valence-electron chi connectivity index (χ3n) is 4.02. The van der Waals surface area contributed by atoms with E-state index in [9.17, 15) is 9.59 Å². The second kappa shape index (κ2) is 5.95. The van der Waals surface area contributed by atoms with Crippen molar-refractivity contribution in [3.63, 3.8) is 0 Å². The minimum absolute atomic E-state index is 0.173. The largest absolute Gasteiger partial charge is 0.442 e. The fourth-order valence-corrected chi connectivity index (χ4v) is 2.71. The first-order chi connectivity index (χ1) is 11.4. The Morgan fingerprint density at radius 2 is 2.04 bits per heavy atom. The molecule has 8 nitrogen and oxygen atoms in total. The van der Waals surface area contributed by atoms with E-state index < -0.39 is 0 Å². The van der Waals surface area contributed by atoms with Crippen LogP contribution in [0.25, 0.3) is 11.1 Å². The minimum atomic E-state index is -0.358. The highest BCUT2D eigenvalue weighted by molar-refractivity contribution is 6.06. The summed E-state index contributed by atoms with van der Waals surface area (Å²) >= 11 is 0. The zero-order valence-electron chi connectivity index (χ0n) is 14.0. The average molecular weight is 330 g/mol. The minimum Gasteiger partial charge on any atom is -0.442 e. The Balaban J connectivity index is 1.83. The Morgan fingerprint density at radius 3 is 2.71 bits per heavy atom. The number of carbonyl (C=O) groups is 1. The maximum Gasteiger partial charge on any atom is 0.265 e. The number of carbonyl (C=O) groups excluding carboxylic acids is 1. The Kier molecular flexibility index (Phi) is 3.96. The number of furan rings is 1. The van der Waals surface area contributed by atoms with E-state index in [4.69, 9.17) is 8.94 Å². The summed E-state index contributed by atoms with van der Waals surface area (Å²) in [5.74, 6) is 0.753. The maximum absolute atomic E-state index is 12.5. The number of aromatic nitrogens is 3. The Bertz CT molecular complexity index is 961. The van der Waals surface area contributed by atoms with Gasteiger partial charge >= 0.3 is 0 Å². The van der Waals surface area contributed by atoms with Crippen molar-refractivity contribution in [2.24, 2.45) is 7.05 Å². The van der Waals surface area contributed by atoms with E-state index in [-0.39, 0.29) is 28.1 Å². The predicted molar refractivity (Wildman–Crippen MR) is 86.0 cm³/mol. The van der Waals surface area contributed by atoms with Crippen LogP contribution in [-0.4, -0.2) is 27.2 Å². The maximum atomic E-state index is 12.5. The summed E-state index contributed by atoms with van der Waals surface area (Å²) in [7, 11) is 1.58. The van der Waals surface area contributed by atoms with Crippen molar-refractivity contribution in [3.05, 3.63) is 45.0 Å². The molecule has 0 fully saturated rings. The molecule has 0 aromatic carbocycles. The van der Waals surface area contributed by atoms with Crippen molar-refractivity contribution < 1.29 is 13.7 Å². The van der Waals surface area contributed by atoms with Gasteiger partial charge in [0.15, 0.2) is 0 Å². The topological polar surface area (TPSA) is 103 Å². The number of hydrogen-bond acceptors (Lipinski definition) is 6. The molecule has 1 N–H and O–H groups in total. The normalized spacial score (nSPS) is 11.2. The van der Waals surface area contributed by atoms with Crippen LogP contribution in [-0.2, 0) is 13.5 Å². The highest BCUT2D eigenvalue weighted by Crippen LogP contribution is 2.20. The summed E-state index contributed by atoms with van der Waals surface area (Å²) in [4.78, 5) is 28.8. The van der Waals surface area contributed by atoms with E-state index >= 15 is 0 Å². The molecule has 1 amide bonds. The smallest absolute Gasteiger partial charge is 0.265 e. The standard InChI is InChI=1S/C16H18N4O4/c1-8-11(9(2)24-19-8)5-6-17-14(21)12-10(3)23-15-13(12)16(22)20(4)7-18-15/h7H,5-6H2,1-4H3,(H,17,21). The molecule has 0 radical (unpaired) electrons. The van der Waals surface area contributed by atoms with Gasteiger partial charge in [-0.05, 0) is 27.2 Å². The molecule has 0 saturated carbocycles. The number of amides is 1. The van der Waals surface area contributed by atoms with Crippen molar-refractivity contribution in [1.82, 2.24) is 20.0 Å². The van der Waals surface area contributed by atoms with E-state index in [1.54, 1.807) is 14.0 Å². The van der Waals surface area contributed by atoms with Gasteiger partial charge in [0.2, 0.25) is 5.71 Å². The van der Waals surface area contributed by atoms with Gasteiger partial charge in [0.1, 0.15) is 23.2 Å². The Labute approximate surface area is 137 Å². The van der Waals surface area contributed by atoms with Crippen molar-refractivity contribution in [1.29, 1.82) is 0 Å². The predicted octanol–water partition coefficient (Wildman–Crippen LogP) is 1.41. The van der Waals surface area contributed by atoms with Crippen LogP contribution in [0.4, 0.5) is 0 Å². The van der Waals surface area contributed by atoms with E-state index in [0.717, 1.165) is 17.0 Å². The summed E-state index contributed by atoms with van der Waals surface area (Å²) in [6, 6.07) is 0. The number of nitrogens with one attached hydrogen (secondary N) is 1. The van der Waals surface area contributed by atoms with Gasteiger partial charge in [-0.25, -0.2) is 4.98 Å². The number of nitrogens with zero attached hydrogens (tertiary/aromatic N) is 3. The second-order valence-electron chi connectivity index (χ2n) is 5.68. The molecule has 3 heterocycles. The third-order valence-corrected chi connectivity index (χ3v) is 4.02. The molecule has 126 valence electrons. The van der Waals surface area contributed by atoms with Gasteiger partial charge in [-0.15, -0.1) is 0 Å².